The van der Waals surface area contributed by atoms with E-state index in [0.29, 0.717) is 50.0 Å². The maximum absolute atomic E-state index is 13.4. The topological polar surface area (TPSA) is 126 Å². The van der Waals surface area contributed by atoms with Crippen molar-refractivity contribution in [1.29, 1.82) is 0 Å². The minimum Gasteiger partial charge on any atom is -0.507 e. The Morgan fingerprint density at radius 3 is 2.15 bits per heavy atom. The maximum atomic E-state index is 13.4. The molecule has 2 aliphatic rings. The fraction of sp³-hybridized carbons (Fsp3) is 0.276. The average molecular weight is 533 g/mol. The van der Waals surface area contributed by atoms with Gasteiger partial charge in [-0.15, -0.1) is 0 Å². The van der Waals surface area contributed by atoms with E-state index in [1.807, 2.05) is 12.1 Å². The highest BCUT2D eigenvalue weighted by Crippen LogP contribution is 2.40. The summed E-state index contributed by atoms with van der Waals surface area (Å²) in [4.78, 5) is 43.3. The summed E-state index contributed by atoms with van der Waals surface area (Å²) in [7, 11) is 4.69. The van der Waals surface area contributed by atoms with Crippen LogP contribution in [0.15, 0.2) is 42.5 Å². The monoisotopic (exact) mass is 532 g/mol. The van der Waals surface area contributed by atoms with Gasteiger partial charge >= 0.3 is 0 Å². The lowest BCUT2D eigenvalue weighted by molar-refractivity contribution is 0.0626. The minimum absolute atomic E-state index is 0.0377. The maximum Gasteiger partial charge on any atom is 0.254 e. The normalized spacial score (nSPS) is 15.0. The van der Waals surface area contributed by atoms with Crippen LogP contribution in [0, 0.1) is 0 Å². The van der Waals surface area contributed by atoms with E-state index in [2.05, 4.69) is 4.90 Å². The summed E-state index contributed by atoms with van der Waals surface area (Å²) in [5.41, 5.74) is 0.664. The molecule has 3 aromatic rings. The van der Waals surface area contributed by atoms with E-state index >= 15 is 0 Å². The summed E-state index contributed by atoms with van der Waals surface area (Å²) < 4.78 is 16.4. The number of aromatic hydroxyl groups is 2. The lowest BCUT2D eigenvalue weighted by Crippen LogP contribution is -2.48. The van der Waals surface area contributed by atoms with E-state index in [1.54, 1.807) is 26.2 Å². The number of fused-ring (bicyclic) bond motifs is 2. The fourth-order valence-corrected chi connectivity index (χ4v) is 5.23. The van der Waals surface area contributed by atoms with Crippen molar-refractivity contribution in [3.05, 3.63) is 75.8 Å². The number of carbonyl (C=O) groups excluding carboxylic acids is 3. The highest BCUT2D eigenvalue weighted by molar-refractivity contribution is 6.30. The predicted octanol–water partition coefficient (Wildman–Crippen LogP) is 2.86. The average Bonchev–Trinajstić information content (AvgIpc) is 2.95. The number of rotatable bonds is 6. The Labute approximate surface area is 224 Å². The molecule has 10 heteroatoms. The van der Waals surface area contributed by atoms with Crippen LogP contribution in [0.4, 0.5) is 0 Å². The molecule has 0 saturated carbocycles. The molecule has 3 aromatic carbocycles. The standard InChI is InChI=1S/C29H28N2O8/c1-37-22-8-7-16(27(38-2)28(22)39-3)15-30-9-11-31(12-10-30)29(36)17-13-19-24(21(33)14-17)26(35)23-18(25(19)34)5-4-6-20(23)32/h4-8,13-14,32-33H,9-12,15H2,1-3H3. The van der Waals surface area contributed by atoms with E-state index in [-0.39, 0.29) is 39.5 Å². The van der Waals surface area contributed by atoms with Crippen LogP contribution in [0.5, 0.6) is 28.7 Å². The first-order valence-corrected chi connectivity index (χ1v) is 12.4. The number of ketones is 2. The van der Waals surface area contributed by atoms with Crippen LogP contribution in [0.1, 0.15) is 47.8 Å². The molecule has 202 valence electrons. The summed E-state index contributed by atoms with van der Waals surface area (Å²) in [5, 5.41) is 20.8. The van der Waals surface area contributed by atoms with E-state index in [4.69, 9.17) is 14.2 Å². The van der Waals surface area contributed by atoms with Gasteiger partial charge in [0.1, 0.15) is 11.5 Å². The second-order valence-corrected chi connectivity index (χ2v) is 9.34. The zero-order valence-electron chi connectivity index (χ0n) is 21.8. The van der Waals surface area contributed by atoms with Crippen LogP contribution >= 0.6 is 0 Å². The number of piperazine rings is 1. The lowest BCUT2D eigenvalue weighted by atomic mass is 9.82. The molecule has 1 saturated heterocycles. The second-order valence-electron chi connectivity index (χ2n) is 9.34. The Morgan fingerprint density at radius 1 is 0.795 bits per heavy atom. The van der Waals surface area contributed by atoms with E-state index in [1.165, 1.54) is 30.3 Å². The van der Waals surface area contributed by atoms with Crippen molar-refractivity contribution >= 4 is 17.5 Å². The second kappa shape index (κ2) is 10.3. The van der Waals surface area contributed by atoms with Crippen LogP contribution in [-0.2, 0) is 6.54 Å². The van der Waals surface area contributed by atoms with Gasteiger partial charge in [-0.3, -0.25) is 19.3 Å². The highest BCUT2D eigenvalue weighted by atomic mass is 16.5. The van der Waals surface area contributed by atoms with Gasteiger partial charge < -0.3 is 29.3 Å². The summed E-state index contributed by atoms with van der Waals surface area (Å²) in [6.45, 7) is 2.61. The van der Waals surface area contributed by atoms with Gasteiger partial charge in [-0.05, 0) is 24.3 Å². The molecule has 1 fully saturated rings. The van der Waals surface area contributed by atoms with Gasteiger partial charge in [0.05, 0.1) is 32.5 Å². The number of phenolic OH excluding ortho intramolecular Hbond substituents is 2. The predicted molar refractivity (Wildman–Crippen MR) is 140 cm³/mol. The number of carbonyl (C=O) groups is 3. The molecule has 0 unspecified atom stereocenters. The molecule has 5 rings (SSSR count). The van der Waals surface area contributed by atoms with Crippen molar-refractivity contribution in [2.45, 2.75) is 6.54 Å². The third-order valence-electron chi connectivity index (χ3n) is 7.19. The van der Waals surface area contributed by atoms with Crippen molar-refractivity contribution in [3.8, 4) is 28.7 Å². The number of hydrogen-bond donors (Lipinski definition) is 2. The summed E-state index contributed by atoms with van der Waals surface area (Å²) in [6, 6.07) is 10.5. The van der Waals surface area contributed by atoms with Gasteiger partial charge in [-0.25, -0.2) is 0 Å². The number of hydrogen-bond acceptors (Lipinski definition) is 9. The molecule has 10 nitrogen and oxygen atoms in total. The smallest absolute Gasteiger partial charge is 0.254 e. The molecule has 0 spiro atoms. The van der Waals surface area contributed by atoms with E-state index in [9.17, 15) is 24.6 Å². The Hall–Kier alpha value is -4.57. The van der Waals surface area contributed by atoms with Gasteiger partial charge in [0.15, 0.2) is 17.3 Å². The molecule has 1 aliphatic carbocycles. The van der Waals surface area contributed by atoms with Crippen molar-refractivity contribution in [2.75, 3.05) is 47.5 Å². The van der Waals surface area contributed by atoms with Gasteiger partial charge in [0.2, 0.25) is 11.5 Å². The lowest BCUT2D eigenvalue weighted by Gasteiger charge is -2.35. The molecule has 2 N–H and O–H groups in total. The molecule has 0 aromatic heterocycles. The number of nitrogens with zero attached hydrogens (tertiary/aromatic N) is 2. The van der Waals surface area contributed by atoms with Crippen LogP contribution in [0.2, 0.25) is 0 Å². The first-order chi connectivity index (χ1) is 18.8. The molecule has 1 aliphatic heterocycles. The van der Waals surface area contributed by atoms with Crippen LogP contribution in [0.3, 0.4) is 0 Å². The van der Waals surface area contributed by atoms with E-state index < -0.39 is 17.3 Å². The number of ether oxygens (including phenoxy) is 3. The summed E-state index contributed by atoms with van der Waals surface area (Å²) in [6.07, 6.45) is 0. The molecule has 39 heavy (non-hydrogen) atoms. The van der Waals surface area contributed by atoms with Crippen LogP contribution < -0.4 is 14.2 Å². The highest BCUT2D eigenvalue weighted by Gasteiger charge is 2.35. The minimum atomic E-state index is -0.659. The van der Waals surface area contributed by atoms with Crippen molar-refractivity contribution < 1.29 is 38.8 Å². The van der Waals surface area contributed by atoms with Gasteiger partial charge in [0, 0.05) is 55.0 Å². The number of methoxy groups -OCH3 is 3. The molecule has 1 heterocycles. The van der Waals surface area contributed by atoms with Crippen molar-refractivity contribution in [1.82, 2.24) is 9.80 Å². The van der Waals surface area contributed by atoms with Gasteiger partial charge in [-0.2, -0.15) is 0 Å². The van der Waals surface area contributed by atoms with Crippen molar-refractivity contribution in [2.24, 2.45) is 0 Å². The zero-order chi connectivity index (χ0) is 27.8. The number of benzene rings is 3. The van der Waals surface area contributed by atoms with E-state index in [0.717, 1.165) is 5.56 Å². The Balaban J connectivity index is 1.32. The Morgan fingerprint density at radius 2 is 1.49 bits per heavy atom. The van der Waals surface area contributed by atoms with Crippen LogP contribution in [-0.4, -0.2) is 85.0 Å². The number of amides is 1. The van der Waals surface area contributed by atoms with Crippen LogP contribution in [0.25, 0.3) is 0 Å². The molecular formula is C29H28N2O8. The largest absolute Gasteiger partial charge is 0.507 e. The zero-order valence-corrected chi connectivity index (χ0v) is 21.8. The van der Waals surface area contributed by atoms with Gasteiger partial charge in [0.25, 0.3) is 5.91 Å². The molecule has 0 atom stereocenters. The number of phenols is 2. The quantitative estimate of drug-likeness (QED) is 0.386. The Bertz CT molecular complexity index is 1490. The third-order valence-corrected chi connectivity index (χ3v) is 7.19. The summed E-state index contributed by atoms with van der Waals surface area (Å²) >= 11 is 0. The summed E-state index contributed by atoms with van der Waals surface area (Å²) in [5.74, 6) is -0.663. The third kappa shape index (κ3) is 4.42. The molecule has 1 amide bonds. The molecule has 0 bridgehead atoms. The first-order valence-electron chi connectivity index (χ1n) is 12.4. The Kier molecular flexibility index (Phi) is 6.88. The first kappa shape index (κ1) is 26.1. The molecule has 0 radical (unpaired) electrons. The fourth-order valence-electron chi connectivity index (χ4n) is 5.23. The van der Waals surface area contributed by atoms with Gasteiger partial charge in [-0.1, -0.05) is 18.2 Å². The van der Waals surface area contributed by atoms with Crippen molar-refractivity contribution in [3.63, 3.8) is 0 Å². The molecular weight excluding hydrogens is 504 g/mol. The SMILES string of the molecule is COc1ccc(CN2CCN(C(=O)c3cc(O)c4c(c3)C(=O)c3cccc(O)c3C4=O)CC2)c(OC)c1OC.